The number of halogens is 1. The molecule has 0 radical (unpaired) electrons. The first-order valence-electron chi connectivity index (χ1n) is 6.29. The summed E-state index contributed by atoms with van der Waals surface area (Å²) < 4.78 is 0. The van der Waals surface area contributed by atoms with Crippen molar-refractivity contribution in [2.24, 2.45) is 5.41 Å². The van der Waals surface area contributed by atoms with Gasteiger partial charge in [-0.3, -0.25) is 0 Å². The predicted octanol–water partition coefficient (Wildman–Crippen LogP) is 4.37. The number of hydrogen-bond donors (Lipinski definition) is 1. The summed E-state index contributed by atoms with van der Waals surface area (Å²) in [6, 6.07) is 0. The molecule has 4 heteroatoms. The van der Waals surface area contributed by atoms with Crippen LogP contribution in [0.5, 0.6) is 0 Å². The van der Waals surface area contributed by atoms with Crippen molar-refractivity contribution in [3.05, 3.63) is 16.5 Å². The van der Waals surface area contributed by atoms with Gasteiger partial charge in [0, 0.05) is 11.1 Å². The average molecular weight is 270 g/mol. The Labute approximate surface area is 115 Å². The molecule has 0 fully saturated rings. The fourth-order valence-corrected chi connectivity index (χ4v) is 2.62. The van der Waals surface area contributed by atoms with Crippen LogP contribution in [0.15, 0.2) is 0 Å². The summed E-state index contributed by atoms with van der Waals surface area (Å²) in [5, 5.41) is 4.01. The Morgan fingerprint density at radius 1 is 1.06 bits per heavy atom. The van der Waals surface area contributed by atoms with Gasteiger partial charge < -0.3 is 5.32 Å². The Kier molecular flexibility index (Phi) is 4.26. The van der Waals surface area contributed by atoms with Crippen LogP contribution in [-0.2, 0) is 0 Å². The minimum absolute atomic E-state index is 0.0346. The summed E-state index contributed by atoms with van der Waals surface area (Å²) in [6.45, 7) is 14.9. The number of nitrogens with one attached hydrogen (secondary N) is 1. The van der Waals surface area contributed by atoms with Gasteiger partial charge in [-0.25, -0.2) is 9.97 Å². The lowest BCUT2D eigenvalue weighted by molar-refractivity contribution is 0.302. The molecule has 0 unspecified atom stereocenters. The number of rotatable bonds is 3. The molecule has 0 spiro atoms. The molecule has 0 atom stereocenters. The second-order valence-corrected chi connectivity index (χ2v) is 7.14. The van der Waals surface area contributed by atoms with Crippen molar-refractivity contribution in [3.63, 3.8) is 0 Å². The van der Waals surface area contributed by atoms with E-state index in [1.54, 1.807) is 0 Å². The maximum atomic E-state index is 6.09. The van der Waals surface area contributed by atoms with Gasteiger partial charge in [-0.15, -0.1) is 0 Å². The Hall–Kier alpha value is -0.830. The molecule has 0 saturated heterocycles. The van der Waals surface area contributed by atoms with Crippen LogP contribution in [0.25, 0.3) is 0 Å². The van der Waals surface area contributed by atoms with Crippen LogP contribution < -0.4 is 5.32 Å². The standard InChI is InChI=1S/C14H24ClN3/c1-9-11(15)16-10(2)17-12(9)18-14(6,7)8-13(3,4)5/h8H2,1-7H3,(H,16,17,18). The first-order valence-corrected chi connectivity index (χ1v) is 6.67. The summed E-state index contributed by atoms with van der Waals surface area (Å²) in [4.78, 5) is 8.59. The van der Waals surface area contributed by atoms with E-state index in [1.807, 2.05) is 13.8 Å². The lowest BCUT2D eigenvalue weighted by Crippen LogP contribution is -2.36. The van der Waals surface area contributed by atoms with E-state index in [4.69, 9.17) is 11.6 Å². The quantitative estimate of drug-likeness (QED) is 0.828. The van der Waals surface area contributed by atoms with E-state index >= 15 is 0 Å². The van der Waals surface area contributed by atoms with Crippen LogP contribution in [0, 0.1) is 19.3 Å². The number of anilines is 1. The van der Waals surface area contributed by atoms with Crippen molar-refractivity contribution in [2.45, 2.75) is 60.4 Å². The summed E-state index contributed by atoms with van der Waals surface area (Å²) in [5.74, 6) is 1.53. The SMILES string of the molecule is Cc1nc(Cl)c(C)c(NC(C)(C)CC(C)(C)C)n1. The van der Waals surface area contributed by atoms with Gasteiger partial charge in [0.1, 0.15) is 16.8 Å². The van der Waals surface area contributed by atoms with Crippen LogP contribution in [0.3, 0.4) is 0 Å². The predicted molar refractivity (Wildman–Crippen MR) is 78.3 cm³/mol. The van der Waals surface area contributed by atoms with Crippen molar-refractivity contribution in [3.8, 4) is 0 Å². The van der Waals surface area contributed by atoms with Crippen molar-refractivity contribution in [1.29, 1.82) is 0 Å². The first kappa shape index (κ1) is 15.2. The van der Waals surface area contributed by atoms with Gasteiger partial charge in [0.15, 0.2) is 0 Å². The zero-order valence-corrected chi connectivity index (χ0v) is 13.2. The van der Waals surface area contributed by atoms with E-state index in [0.717, 1.165) is 17.8 Å². The Morgan fingerprint density at radius 2 is 1.61 bits per heavy atom. The molecule has 0 aliphatic heterocycles. The molecule has 0 bridgehead atoms. The number of hydrogen-bond acceptors (Lipinski definition) is 3. The lowest BCUT2D eigenvalue weighted by Gasteiger charge is -2.34. The molecule has 0 aliphatic rings. The van der Waals surface area contributed by atoms with Crippen molar-refractivity contribution in [1.82, 2.24) is 9.97 Å². The Morgan fingerprint density at radius 3 is 2.11 bits per heavy atom. The molecular weight excluding hydrogens is 246 g/mol. The summed E-state index contributed by atoms with van der Waals surface area (Å²) in [6.07, 6.45) is 1.04. The third-order valence-corrected chi connectivity index (χ3v) is 3.00. The number of nitrogens with zero attached hydrogens (tertiary/aromatic N) is 2. The minimum atomic E-state index is -0.0346. The average Bonchev–Trinajstić information content (AvgIpc) is 2.08. The molecule has 18 heavy (non-hydrogen) atoms. The molecule has 1 N–H and O–H groups in total. The monoisotopic (exact) mass is 269 g/mol. The van der Waals surface area contributed by atoms with Crippen LogP contribution in [-0.4, -0.2) is 15.5 Å². The molecule has 1 rings (SSSR count). The van der Waals surface area contributed by atoms with Gasteiger partial charge >= 0.3 is 0 Å². The highest BCUT2D eigenvalue weighted by atomic mass is 35.5. The molecule has 3 nitrogen and oxygen atoms in total. The molecule has 1 aromatic heterocycles. The fraction of sp³-hybridized carbons (Fsp3) is 0.714. The van der Waals surface area contributed by atoms with E-state index < -0.39 is 0 Å². The fourth-order valence-electron chi connectivity index (χ4n) is 2.41. The normalized spacial score (nSPS) is 12.7. The molecule has 1 heterocycles. The summed E-state index contributed by atoms with van der Waals surface area (Å²) in [7, 11) is 0. The summed E-state index contributed by atoms with van der Waals surface area (Å²) >= 11 is 6.09. The Bertz CT molecular complexity index is 433. The topological polar surface area (TPSA) is 37.8 Å². The van der Waals surface area contributed by atoms with Gasteiger partial charge in [0.05, 0.1) is 0 Å². The maximum Gasteiger partial charge on any atom is 0.137 e. The highest BCUT2D eigenvalue weighted by molar-refractivity contribution is 6.30. The van der Waals surface area contributed by atoms with Crippen LogP contribution in [0.1, 0.15) is 52.4 Å². The van der Waals surface area contributed by atoms with Crippen molar-refractivity contribution >= 4 is 17.4 Å². The van der Waals surface area contributed by atoms with E-state index in [-0.39, 0.29) is 11.0 Å². The first-order chi connectivity index (χ1) is 8.00. The second kappa shape index (κ2) is 5.04. The van der Waals surface area contributed by atoms with Crippen molar-refractivity contribution < 1.29 is 0 Å². The van der Waals surface area contributed by atoms with Gasteiger partial charge in [-0.05, 0) is 39.5 Å². The minimum Gasteiger partial charge on any atom is -0.365 e. The third kappa shape index (κ3) is 4.45. The van der Waals surface area contributed by atoms with Crippen molar-refractivity contribution in [2.75, 3.05) is 5.32 Å². The summed E-state index contributed by atoms with van der Waals surface area (Å²) in [5.41, 5.74) is 1.13. The van der Waals surface area contributed by atoms with Crippen LogP contribution in [0.2, 0.25) is 5.15 Å². The number of aromatic nitrogens is 2. The maximum absolute atomic E-state index is 6.09. The van der Waals surface area contributed by atoms with E-state index in [2.05, 4.69) is 49.9 Å². The van der Waals surface area contributed by atoms with Gasteiger partial charge in [-0.2, -0.15) is 0 Å². The smallest absolute Gasteiger partial charge is 0.137 e. The molecule has 0 aliphatic carbocycles. The molecule has 0 aromatic carbocycles. The molecule has 0 saturated carbocycles. The third-order valence-electron chi connectivity index (χ3n) is 2.63. The van der Waals surface area contributed by atoms with E-state index in [9.17, 15) is 0 Å². The van der Waals surface area contributed by atoms with Gasteiger partial charge in [-0.1, -0.05) is 32.4 Å². The van der Waals surface area contributed by atoms with Crippen LogP contribution in [0.4, 0.5) is 5.82 Å². The number of aryl methyl sites for hydroxylation is 1. The largest absolute Gasteiger partial charge is 0.365 e. The molecule has 1 aromatic rings. The zero-order chi connectivity index (χ0) is 14.1. The molecular formula is C14H24ClN3. The second-order valence-electron chi connectivity index (χ2n) is 6.78. The highest BCUT2D eigenvalue weighted by Gasteiger charge is 2.26. The Balaban J connectivity index is 2.97. The van der Waals surface area contributed by atoms with Gasteiger partial charge in [0.25, 0.3) is 0 Å². The van der Waals surface area contributed by atoms with E-state index in [0.29, 0.717) is 11.0 Å². The van der Waals surface area contributed by atoms with Crippen LogP contribution >= 0.6 is 11.6 Å². The zero-order valence-electron chi connectivity index (χ0n) is 12.5. The van der Waals surface area contributed by atoms with Gasteiger partial charge in [0.2, 0.25) is 0 Å². The lowest BCUT2D eigenvalue weighted by atomic mass is 9.82. The highest BCUT2D eigenvalue weighted by Crippen LogP contribution is 2.31. The molecule has 102 valence electrons. The van der Waals surface area contributed by atoms with E-state index in [1.165, 1.54) is 0 Å². The molecule has 0 amide bonds.